The van der Waals surface area contributed by atoms with E-state index >= 15 is 0 Å². The number of carbonyl (C=O) groups is 2. The summed E-state index contributed by atoms with van der Waals surface area (Å²) in [4.78, 5) is 28.3. The lowest BCUT2D eigenvalue weighted by Crippen LogP contribution is -2.54. The zero-order chi connectivity index (χ0) is 26.2. The molecule has 35 heavy (non-hydrogen) atoms. The van der Waals surface area contributed by atoms with Crippen molar-refractivity contribution in [2.75, 3.05) is 24.9 Å². The van der Waals surface area contributed by atoms with E-state index in [2.05, 4.69) is 5.32 Å². The van der Waals surface area contributed by atoms with Crippen molar-refractivity contribution < 1.29 is 18.0 Å². The maximum absolute atomic E-state index is 13.8. The fourth-order valence-electron chi connectivity index (χ4n) is 3.48. The lowest BCUT2D eigenvalue weighted by Gasteiger charge is -2.34. The Kier molecular flexibility index (Phi) is 10.5. The first-order valence-electron chi connectivity index (χ1n) is 11.6. The normalized spacial score (nSPS) is 13.2. The van der Waals surface area contributed by atoms with Crippen LogP contribution in [-0.4, -0.2) is 62.2 Å². The molecule has 0 saturated carbocycles. The molecule has 0 saturated heterocycles. The molecule has 0 aliphatic rings. The van der Waals surface area contributed by atoms with Gasteiger partial charge in [-0.15, -0.1) is 0 Å². The minimum absolute atomic E-state index is 0.0651. The van der Waals surface area contributed by atoms with Crippen LogP contribution >= 0.6 is 11.6 Å². The first-order chi connectivity index (χ1) is 16.5. The van der Waals surface area contributed by atoms with Gasteiger partial charge in [-0.2, -0.15) is 12.7 Å². The third-order valence-electron chi connectivity index (χ3n) is 5.75. The molecule has 2 rings (SSSR count). The van der Waals surface area contributed by atoms with Crippen LogP contribution < -0.4 is 9.62 Å². The van der Waals surface area contributed by atoms with Gasteiger partial charge in [0.15, 0.2) is 0 Å². The summed E-state index contributed by atoms with van der Waals surface area (Å²) in [5, 5.41) is 3.41. The van der Waals surface area contributed by atoms with E-state index < -0.39 is 28.7 Å². The van der Waals surface area contributed by atoms with E-state index in [4.69, 9.17) is 11.6 Å². The zero-order valence-electron chi connectivity index (χ0n) is 20.9. The average Bonchev–Trinajstić information content (AvgIpc) is 2.83. The Morgan fingerprint density at radius 2 is 1.57 bits per heavy atom. The van der Waals surface area contributed by atoms with Gasteiger partial charge in [0, 0.05) is 31.7 Å². The number of halogens is 1. The summed E-state index contributed by atoms with van der Waals surface area (Å²) in [5.74, 6) is -0.797. The smallest absolute Gasteiger partial charge is 0.304 e. The molecule has 1 N–H and O–H groups in total. The Bertz CT molecular complexity index is 1100. The summed E-state index contributed by atoms with van der Waals surface area (Å²) in [7, 11) is -1.17. The predicted octanol–water partition coefficient (Wildman–Crippen LogP) is 3.67. The number of anilines is 1. The quantitative estimate of drug-likeness (QED) is 0.460. The minimum Gasteiger partial charge on any atom is -0.352 e. The van der Waals surface area contributed by atoms with Crippen molar-refractivity contribution in [3.8, 4) is 0 Å². The van der Waals surface area contributed by atoms with Crippen molar-refractivity contribution in [2.24, 2.45) is 0 Å². The molecule has 8 nitrogen and oxygen atoms in total. The maximum Gasteiger partial charge on any atom is 0.304 e. The van der Waals surface area contributed by atoms with E-state index in [9.17, 15) is 18.0 Å². The van der Waals surface area contributed by atoms with Gasteiger partial charge < -0.3 is 10.2 Å². The highest BCUT2D eigenvalue weighted by Crippen LogP contribution is 2.23. The van der Waals surface area contributed by atoms with Crippen molar-refractivity contribution in [3.63, 3.8) is 0 Å². The number of nitrogens with one attached hydrogen (secondary N) is 1. The van der Waals surface area contributed by atoms with Crippen molar-refractivity contribution >= 4 is 39.3 Å². The van der Waals surface area contributed by atoms with Crippen molar-refractivity contribution in [1.82, 2.24) is 14.5 Å². The molecule has 0 heterocycles. The largest absolute Gasteiger partial charge is 0.352 e. The Balaban J connectivity index is 2.49. The molecule has 192 valence electrons. The van der Waals surface area contributed by atoms with Crippen LogP contribution in [0.5, 0.6) is 0 Å². The second kappa shape index (κ2) is 12.9. The van der Waals surface area contributed by atoms with Gasteiger partial charge in [0.25, 0.3) is 0 Å². The van der Waals surface area contributed by atoms with E-state index in [0.717, 1.165) is 15.0 Å². The van der Waals surface area contributed by atoms with E-state index in [1.165, 1.54) is 19.0 Å². The molecule has 0 bridgehead atoms. The zero-order valence-corrected chi connectivity index (χ0v) is 22.5. The Hall–Kier alpha value is -2.62. The first-order valence-corrected chi connectivity index (χ1v) is 13.4. The molecule has 0 unspecified atom stereocenters. The van der Waals surface area contributed by atoms with Gasteiger partial charge in [-0.1, -0.05) is 61.8 Å². The number of rotatable bonds is 12. The summed E-state index contributed by atoms with van der Waals surface area (Å²) in [6, 6.07) is 14.6. The van der Waals surface area contributed by atoms with Crippen LogP contribution in [0.4, 0.5) is 5.69 Å². The molecule has 0 fully saturated rings. The van der Waals surface area contributed by atoms with Crippen molar-refractivity contribution in [3.05, 3.63) is 65.2 Å². The molecule has 2 aromatic rings. The molecule has 0 aliphatic heterocycles. The predicted molar refractivity (Wildman–Crippen MR) is 140 cm³/mol. The molecule has 2 aromatic carbocycles. The summed E-state index contributed by atoms with van der Waals surface area (Å²) >= 11 is 6.37. The fourth-order valence-corrected chi connectivity index (χ4v) is 4.73. The Morgan fingerprint density at radius 1 is 0.971 bits per heavy atom. The molecular formula is C25H35ClN4O4S. The Labute approximate surface area is 214 Å². The van der Waals surface area contributed by atoms with E-state index in [1.807, 2.05) is 20.8 Å². The third kappa shape index (κ3) is 7.43. The van der Waals surface area contributed by atoms with E-state index in [-0.39, 0.29) is 18.5 Å². The highest BCUT2D eigenvalue weighted by Gasteiger charge is 2.34. The summed E-state index contributed by atoms with van der Waals surface area (Å²) in [6.45, 7) is 5.27. The van der Waals surface area contributed by atoms with E-state index in [0.29, 0.717) is 22.7 Å². The number of carbonyl (C=O) groups excluding carboxylic acids is 2. The van der Waals surface area contributed by atoms with Crippen LogP contribution in [0.25, 0.3) is 0 Å². The number of amides is 2. The highest BCUT2D eigenvalue weighted by molar-refractivity contribution is 7.90. The van der Waals surface area contributed by atoms with E-state index in [1.54, 1.807) is 54.6 Å². The molecule has 0 radical (unpaired) electrons. The first kappa shape index (κ1) is 28.6. The molecular weight excluding hydrogens is 488 g/mol. The number of nitrogens with zero attached hydrogens (tertiary/aromatic N) is 3. The number of hydrogen-bond donors (Lipinski definition) is 1. The topological polar surface area (TPSA) is 90.0 Å². The van der Waals surface area contributed by atoms with Crippen LogP contribution in [-0.2, 0) is 26.3 Å². The van der Waals surface area contributed by atoms with Crippen LogP contribution in [0.1, 0.15) is 39.2 Å². The van der Waals surface area contributed by atoms with Crippen molar-refractivity contribution in [1.29, 1.82) is 0 Å². The summed E-state index contributed by atoms with van der Waals surface area (Å²) < 4.78 is 28.4. The van der Waals surface area contributed by atoms with Gasteiger partial charge in [-0.25, -0.2) is 4.31 Å². The van der Waals surface area contributed by atoms with Crippen LogP contribution in [0.15, 0.2) is 54.6 Å². The van der Waals surface area contributed by atoms with Crippen molar-refractivity contribution in [2.45, 2.75) is 52.2 Å². The van der Waals surface area contributed by atoms with Gasteiger partial charge >= 0.3 is 10.2 Å². The third-order valence-corrected chi connectivity index (χ3v) is 7.94. The molecule has 2 amide bonds. The van der Waals surface area contributed by atoms with Gasteiger partial charge in [0.05, 0.1) is 5.69 Å². The fraction of sp³-hybridized carbons (Fsp3) is 0.440. The number of para-hydroxylation sites is 1. The number of hydrogen-bond acceptors (Lipinski definition) is 4. The van der Waals surface area contributed by atoms with Crippen LogP contribution in [0, 0.1) is 0 Å². The minimum atomic E-state index is -3.98. The van der Waals surface area contributed by atoms with Crippen LogP contribution in [0.3, 0.4) is 0 Å². The molecule has 2 atom stereocenters. The molecule has 0 aliphatic carbocycles. The highest BCUT2D eigenvalue weighted by atomic mass is 35.5. The Morgan fingerprint density at radius 3 is 2.11 bits per heavy atom. The number of benzene rings is 2. The second-order valence-electron chi connectivity index (χ2n) is 8.49. The van der Waals surface area contributed by atoms with Gasteiger partial charge in [0.2, 0.25) is 11.8 Å². The monoisotopic (exact) mass is 522 g/mol. The lowest BCUT2D eigenvalue weighted by atomic mass is 10.1. The van der Waals surface area contributed by atoms with Gasteiger partial charge in [-0.05, 0) is 43.5 Å². The average molecular weight is 523 g/mol. The maximum atomic E-state index is 13.8. The molecule has 0 aromatic heterocycles. The summed E-state index contributed by atoms with van der Waals surface area (Å²) in [6.07, 6.45) is 1.09. The summed E-state index contributed by atoms with van der Waals surface area (Å²) in [5.41, 5.74) is 1.02. The SMILES string of the molecule is CC[C@@H](C)NC(=O)[C@@H](CC)N(Cc1ccccc1Cl)C(=O)CN(c1ccccc1)S(=O)(=O)N(C)C. The second-order valence-corrected chi connectivity index (χ2v) is 11.0. The molecule has 10 heteroatoms. The molecule has 0 spiro atoms. The van der Waals surface area contributed by atoms with Gasteiger partial charge in [-0.3, -0.25) is 9.59 Å². The van der Waals surface area contributed by atoms with Gasteiger partial charge in [0.1, 0.15) is 12.6 Å². The lowest BCUT2D eigenvalue weighted by molar-refractivity contribution is -0.140. The van der Waals surface area contributed by atoms with Crippen LogP contribution in [0.2, 0.25) is 5.02 Å². The standard InChI is InChI=1S/C25H35ClN4O4S/c1-6-19(3)27-25(32)23(7-2)29(17-20-13-11-12-16-22(20)26)24(31)18-30(35(33,34)28(4)5)21-14-9-8-10-15-21/h8-16,19,23H,6-7,17-18H2,1-5H3,(H,27,32)/t19-,23-/m1/s1.